The van der Waals surface area contributed by atoms with Gasteiger partial charge in [0.1, 0.15) is 11.4 Å². The largest absolute Gasteiger partial charge is 0.462 e. The van der Waals surface area contributed by atoms with Crippen LogP contribution in [0.15, 0.2) is 30.5 Å². The van der Waals surface area contributed by atoms with E-state index in [2.05, 4.69) is 5.10 Å². The molecule has 2 heterocycles. The van der Waals surface area contributed by atoms with Crippen LogP contribution >= 0.6 is 0 Å². The number of amides is 1. The maximum Gasteiger partial charge on any atom is 0.343 e. The maximum absolute atomic E-state index is 12.7. The number of esters is 1. The molecule has 0 aliphatic carbocycles. The Bertz CT molecular complexity index is 775. The van der Waals surface area contributed by atoms with Crippen molar-refractivity contribution in [2.75, 3.05) is 25.4 Å². The van der Waals surface area contributed by atoms with Gasteiger partial charge in [-0.25, -0.2) is 9.48 Å². The number of anilines is 1. The molecular weight excluding hydrogens is 332 g/mol. The second-order valence-corrected chi connectivity index (χ2v) is 6.33. The van der Waals surface area contributed by atoms with Crippen molar-refractivity contribution in [2.45, 2.75) is 32.6 Å². The number of carbonyl (C=O) groups excluding carboxylic acids is 2. The van der Waals surface area contributed by atoms with Crippen LogP contribution in [-0.2, 0) is 4.74 Å². The zero-order valence-corrected chi connectivity index (χ0v) is 15.0. The SMILES string of the molecule is CCOC(=O)c1cnn(-c2ccc(C(=O)N3CCCCCC3)cc2)c1N. The smallest absolute Gasteiger partial charge is 0.343 e. The molecule has 1 aromatic heterocycles. The zero-order valence-electron chi connectivity index (χ0n) is 15.0. The average molecular weight is 356 g/mol. The number of ether oxygens (including phenoxy) is 1. The molecule has 3 rings (SSSR count). The first kappa shape index (κ1) is 18.0. The molecule has 26 heavy (non-hydrogen) atoms. The van der Waals surface area contributed by atoms with Crippen molar-refractivity contribution < 1.29 is 14.3 Å². The molecule has 2 N–H and O–H groups in total. The Morgan fingerprint density at radius 2 is 1.77 bits per heavy atom. The van der Waals surface area contributed by atoms with E-state index in [1.807, 2.05) is 4.90 Å². The summed E-state index contributed by atoms with van der Waals surface area (Å²) in [6.07, 6.45) is 5.88. The highest BCUT2D eigenvalue weighted by Crippen LogP contribution is 2.20. The lowest BCUT2D eigenvalue weighted by Gasteiger charge is -2.20. The van der Waals surface area contributed by atoms with Crippen molar-refractivity contribution in [1.82, 2.24) is 14.7 Å². The van der Waals surface area contributed by atoms with E-state index in [1.165, 1.54) is 23.7 Å². The summed E-state index contributed by atoms with van der Waals surface area (Å²) in [5.41, 5.74) is 7.59. The highest BCUT2D eigenvalue weighted by Gasteiger charge is 2.19. The Morgan fingerprint density at radius 1 is 1.12 bits per heavy atom. The van der Waals surface area contributed by atoms with Crippen LogP contribution in [0.3, 0.4) is 0 Å². The molecule has 1 aromatic carbocycles. The van der Waals surface area contributed by atoms with E-state index in [0.717, 1.165) is 25.9 Å². The first-order valence-electron chi connectivity index (χ1n) is 9.02. The van der Waals surface area contributed by atoms with Crippen LogP contribution in [0, 0.1) is 0 Å². The van der Waals surface area contributed by atoms with Crippen molar-refractivity contribution >= 4 is 17.7 Å². The van der Waals surface area contributed by atoms with Gasteiger partial charge in [-0.15, -0.1) is 0 Å². The van der Waals surface area contributed by atoms with Gasteiger partial charge < -0.3 is 15.4 Å². The van der Waals surface area contributed by atoms with Gasteiger partial charge in [-0.3, -0.25) is 4.79 Å². The van der Waals surface area contributed by atoms with Gasteiger partial charge in [0, 0.05) is 18.7 Å². The second kappa shape index (κ2) is 8.03. The molecule has 138 valence electrons. The van der Waals surface area contributed by atoms with E-state index < -0.39 is 5.97 Å². The number of aromatic nitrogens is 2. The molecule has 7 heteroatoms. The number of nitrogens with zero attached hydrogens (tertiary/aromatic N) is 3. The fourth-order valence-corrected chi connectivity index (χ4v) is 3.13. The molecular formula is C19H24N4O3. The van der Waals surface area contributed by atoms with Crippen LogP contribution in [0.25, 0.3) is 5.69 Å². The van der Waals surface area contributed by atoms with E-state index in [-0.39, 0.29) is 23.9 Å². The molecule has 0 unspecified atom stereocenters. The quantitative estimate of drug-likeness (QED) is 0.851. The van der Waals surface area contributed by atoms with Gasteiger partial charge in [0.25, 0.3) is 5.91 Å². The summed E-state index contributed by atoms with van der Waals surface area (Å²) in [4.78, 5) is 26.4. The highest BCUT2D eigenvalue weighted by atomic mass is 16.5. The third-order valence-electron chi connectivity index (χ3n) is 4.55. The van der Waals surface area contributed by atoms with E-state index in [4.69, 9.17) is 10.5 Å². The zero-order chi connectivity index (χ0) is 18.5. The van der Waals surface area contributed by atoms with Gasteiger partial charge >= 0.3 is 5.97 Å². The molecule has 0 saturated carbocycles. The number of hydrogen-bond acceptors (Lipinski definition) is 5. The second-order valence-electron chi connectivity index (χ2n) is 6.33. The predicted molar refractivity (Wildman–Crippen MR) is 98.3 cm³/mol. The van der Waals surface area contributed by atoms with Gasteiger partial charge in [0.05, 0.1) is 18.5 Å². The van der Waals surface area contributed by atoms with Gasteiger partial charge in [0.2, 0.25) is 0 Å². The summed E-state index contributed by atoms with van der Waals surface area (Å²) in [5.74, 6) is -0.224. The molecule has 1 aliphatic rings. The number of likely N-dealkylation sites (tertiary alicyclic amines) is 1. The average Bonchev–Trinajstić information content (AvgIpc) is 2.85. The lowest BCUT2D eigenvalue weighted by Crippen LogP contribution is -2.31. The predicted octanol–water partition coefficient (Wildman–Crippen LogP) is 2.65. The number of benzene rings is 1. The summed E-state index contributed by atoms with van der Waals surface area (Å²) in [6.45, 7) is 3.64. The van der Waals surface area contributed by atoms with E-state index in [0.29, 0.717) is 11.3 Å². The maximum atomic E-state index is 12.7. The standard InChI is InChI=1S/C19H24N4O3/c1-2-26-19(25)16-13-21-23(17(16)20)15-9-7-14(8-10-15)18(24)22-11-5-3-4-6-12-22/h7-10,13H,2-6,11-12,20H2,1H3. The van der Waals surface area contributed by atoms with Crippen LogP contribution in [0.1, 0.15) is 53.3 Å². The van der Waals surface area contributed by atoms with Crippen molar-refractivity contribution in [3.63, 3.8) is 0 Å². The minimum atomic E-state index is -0.496. The fraction of sp³-hybridized carbons (Fsp3) is 0.421. The number of hydrogen-bond donors (Lipinski definition) is 1. The first-order valence-corrected chi connectivity index (χ1v) is 9.02. The van der Waals surface area contributed by atoms with Crippen LogP contribution < -0.4 is 5.73 Å². The summed E-state index contributed by atoms with van der Waals surface area (Å²) in [5, 5.41) is 4.16. The molecule has 0 radical (unpaired) electrons. The third-order valence-corrected chi connectivity index (χ3v) is 4.55. The summed E-state index contributed by atoms with van der Waals surface area (Å²) < 4.78 is 6.43. The Hall–Kier alpha value is -2.83. The monoisotopic (exact) mass is 356 g/mol. The van der Waals surface area contributed by atoms with E-state index in [1.54, 1.807) is 31.2 Å². The van der Waals surface area contributed by atoms with Crippen LogP contribution in [0.4, 0.5) is 5.82 Å². The molecule has 0 bridgehead atoms. The van der Waals surface area contributed by atoms with Crippen molar-refractivity contribution in [3.8, 4) is 5.69 Å². The Kier molecular flexibility index (Phi) is 5.55. The topological polar surface area (TPSA) is 90.4 Å². The van der Waals surface area contributed by atoms with E-state index >= 15 is 0 Å². The number of nitrogens with two attached hydrogens (primary N) is 1. The van der Waals surface area contributed by atoms with Gasteiger partial charge in [-0.1, -0.05) is 12.8 Å². The molecule has 1 fully saturated rings. The summed E-state index contributed by atoms with van der Waals surface area (Å²) in [7, 11) is 0. The minimum Gasteiger partial charge on any atom is -0.462 e. The summed E-state index contributed by atoms with van der Waals surface area (Å²) >= 11 is 0. The molecule has 1 saturated heterocycles. The molecule has 0 atom stereocenters. The normalized spacial score (nSPS) is 14.7. The van der Waals surface area contributed by atoms with Crippen LogP contribution in [0.5, 0.6) is 0 Å². The lowest BCUT2D eigenvalue weighted by molar-refractivity contribution is 0.0527. The van der Waals surface area contributed by atoms with Gasteiger partial charge in [-0.2, -0.15) is 5.10 Å². The Balaban J connectivity index is 1.77. The Labute approximate surface area is 152 Å². The highest BCUT2D eigenvalue weighted by molar-refractivity contribution is 5.95. The van der Waals surface area contributed by atoms with Gasteiger partial charge in [0.15, 0.2) is 0 Å². The first-order chi connectivity index (χ1) is 12.6. The molecule has 1 aliphatic heterocycles. The van der Waals surface area contributed by atoms with E-state index in [9.17, 15) is 9.59 Å². The number of carbonyl (C=O) groups is 2. The fourth-order valence-electron chi connectivity index (χ4n) is 3.13. The van der Waals surface area contributed by atoms with Crippen LogP contribution in [-0.4, -0.2) is 46.3 Å². The Morgan fingerprint density at radius 3 is 2.38 bits per heavy atom. The summed E-state index contributed by atoms with van der Waals surface area (Å²) in [6, 6.07) is 7.11. The molecule has 2 aromatic rings. The third kappa shape index (κ3) is 3.71. The molecule has 0 spiro atoms. The molecule has 7 nitrogen and oxygen atoms in total. The van der Waals surface area contributed by atoms with Crippen molar-refractivity contribution in [3.05, 3.63) is 41.6 Å². The number of nitrogen functional groups attached to an aromatic ring is 1. The van der Waals surface area contributed by atoms with Gasteiger partial charge in [-0.05, 0) is 44.0 Å². The number of rotatable bonds is 4. The molecule has 1 amide bonds. The lowest BCUT2D eigenvalue weighted by atomic mass is 10.1. The van der Waals surface area contributed by atoms with Crippen molar-refractivity contribution in [1.29, 1.82) is 0 Å². The minimum absolute atomic E-state index is 0.0547. The van der Waals surface area contributed by atoms with Crippen molar-refractivity contribution in [2.24, 2.45) is 0 Å². The van der Waals surface area contributed by atoms with Crippen LogP contribution in [0.2, 0.25) is 0 Å².